The van der Waals surface area contributed by atoms with Gasteiger partial charge in [0, 0.05) is 32.7 Å². The van der Waals surface area contributed by atoms with Crippen molar-refractivity contribution in [1.29, 1.82) is 0 Å². The first-order valence-corrected chi connectivity index (χ1v) is 22.0. The zero-order valence-corrected chi connectivity index (χ0v) is 37.6. The van der Waals surface area contributed by atoms with E-state index in [1.165, 1.54) is 18.3 Å². The summed E-state index contributed by atoms with van der Waals surface area (Å²) >= 11 is 0. The van der Waals surface area contributed by atoms with Crippen LogP contribution >= 0.6 is 0 Å². The molecule has 0 atom stereocenters. The van der Waals surface area contributed by atoms with Gasteiger partial charge in [0.25, 0.3) is 6.33 Å². The second-order valence-electron chi connectivity index (χ2n) is 17.4. The quantitative estimate of drug-likeness (QED) is 0.107. The van der Waals surface area contributed by atoms with Crippen molar-refractivity contribution in [1.82, 2.24) is 14.1 Å². The number of hydrogen-bond acceptors (Lipinski definition) is 2. The molecule has 0 N–H and O–H groups in total. The molecule has 12 rings (SSSR count). The summed E-state index contributed by atoms with van der Waals surface area (Å²) in [6.07, 6.45) is 4.63. The van der Waals surface area contributed by atoms with E-state index in [0.29, 0.717) is 38.7 Å². The second-order valence-corrected chi connectivity index (χ2v) is 17.4. The first kappa shape index (κ1) is 24.5. The smallest absolute Gasteiger partial charge is 0.269 e. The number of hydrogen-bond donors (Lipinski definition) is 0. The lowest BCUT2D eigenvalue weighted by molar-refractivity contribution is -0.572. The fourth-order valence-corrected chi connectivity index (χ4v) is 8.81. The summed E-state index contributed by atoms with van der Waals surface area (Å²) in [6.45, 7) is 2.66. The van der Waals surface area contributed by atoms with Gasteiger partial charge in [-0.2, -0.15) is 0 Å². The van der Waals surface area contributed by atoms with Crippen LogP contribution in [0.4, 0.5) is 0 Å². The maximum atomic E-state index is 9.37. The van der Waals surface area contributed by atoms with Crippen molar-refractivity contribution >= 4 is 32.8 Å². The largest absolute Gasteiger partial charge is 0.458 e. The van der Waals surface area contributed by atoms with Gasteiger partial charge in [-0.15, -0.1) is 0 Å². The maximum Gasteiger partial charge on any atom is 0.269 e. The van der Waals surface area contributed by atoms with Gasteiger partial charge in [0.1, 0.15) is 17.3 Å². The van der Waals surface area contributed by atoms with Crippen molar-refractivity contribution in [2.75, 3.05) is 0 Å². The van der Waals surface area contributed by atoms with E-state index in [-0.39, 0.29) is 73.1 Å². The molecule has 336 valence electrons. The summed E-state index contributed by atoms with van der Waals surface area (Å²) in [5.74, 6) is 0.664. The predicted molar refractivity (Wildman–Crippen MR) is 287 cm³/mol. The van der Waals surface area contributed by atoms with Crippen molar-refractivity contribution in [3.8, 4) is 73.2 Å². The van der Waals surface area contributed by atoms with Crippen LogP contribution in [0.5, 0.6) is 11.5 Å². The summed E-state index contributed by atoms with van der Waals surface area (Å²) in [5, 5.41) is 1.47. The molecule has 0 radical (unpaired) electrons. The van der Waals surface area contributed by atoms with Crippen LogP contribution in [0.3, 0.4) is 0 Å². The molecule has 0 aliphatic heterocycles. The molecule has 12 aromatic rings. The highest BCUT2D eigenvalue weighted by Gasteiger charge is 2.27. The number of aromatic nitrogens is 4. The molecule has 9 aromatic carbocycles. The summed E-state index contributed by atoms with van der Waals surface area (Å²) < 4.78 is 212. The van der Waals surface area contributed by atoms with Crippen LogP contribution in [0.2, 0.25) is 0 Å². The van der Waals surface area contributed by atoms with Crippen LogP contribution in [0.1, 0.15) is 63.4 Å². The number of rotatable bonds is 9. The Bertz CT molecular complexity index is 5120. The molecule has 70 heavy (non-hydrogen) atoms. The molecule has 0 saturated carbocycles. The molecule has 0 spiro atoms. The van der Waals surface area contributed by atoms with Crippen LogP contribution in [0.25, 0.3) is 94.5 Å². The van der Waals surface area contributed by atoms with Crippen LogP contribution < -0.4 is 9.30 Å². The third-order valence-corrected chi connectivity index (χ3v) is 12.0. The third-order valence-electron chi connectivity index (χ3n) is 12.0. The van der Waals surface area contributed by atoms with Gasteiger partial charge in [0.15, 0.2) is 0 Å². The minimum absolute atomic E-state index is 0.0177. The van der Waals surface area contributed by atoms with E-state index < -0.39 is 133 Å². The van der Waals surface area contributed by atoms with Crippen LogP contribution in [-0.4, -0.2) is 14.1 Å². The molecule has 3 aromatic heterocycles. The lowest BCUT2D eigenvalue weighted by Gasteiger charge is -2.27. The van der Waals surface area contributed by atoms with Gasteiger partial charge < -0.3 is 4.74 Å². The molecular weight excluding hydrogens is 853 g/mol. The minimum Gasteiger partial charge on any atom is -0.458 e. The fourth-order valence-electron chi connectivity index (χ4n) is 8.81. The lowest BCUT2D eigenvalue weighted by Crippen LogP contribution is -2.34. The summed E-state index contributed by atoms with van der Waals surface area (Å²) in [6, 6.07) is 16.4. The van der Waals surface area contributed by atoms with Crippen molar-refractivity contribution in [3.63, 3.8) is 0 Å². The average Bonchev–Trinajstić information content (AvgIpc) is 1.71. The first-order valence-electron chi connectivity index (χ1n) is 33.5. The summed E-state index contributed by atoms with van der Waals surface area (Å²) in [5.41, 5.74) is 0.534. The molecule has 0 unspecified atom stereocenters. The first-order chi connectivity index (χ1) is 43.7. The van der Waals surface area contributed by atoms with Gasteiger partial charge in [0.05, 0.1) is 60.9 Å². The van der Waals surface area contributed by atoms with Crippen molar-refractivity contribution in [2.45, 2.75) is 33.0 Å². The minimum atomic E-state index is -2.86. The molecule has 0 amide bonds. The topological polar surface area (TPSA) is 35.9 Å². The van der Waals surface area contributed by atoms with E-state index in [4.69, 9.17) is 33.5 Å². The number of nitrogens with zero attached hydrogens (tertiary/aromatic N) is 4. The summed E-state index contributed by atoms with van der Waals surface area (Å²) in [4.78, 5) is 4.69. The van der Waals surface area contributed by atoms with E-state index in [0.717, 1.165) is 5.39 Å². The number of imidazole rings is 1. The van der Waals surface area contributed by atoms with Gasteiger partial charge in [-0.1, -0.05) is 184 Å². The van der Waals surface area contributed by atoms with Crippen LogP contribution in [-0.2, 0) is 5.41 Å². The zero-order valence-electron chi connectivity index (χ0n) is 60.6. The Hall–Kier alpha value is -8.80. The van der Waals surface area contributed by atoms with E-state index in [1.54, 1.807) is 80.4 Å². The monoisotopic (exact) mass is 926 g/mol. The molecule has 5 nitrogen and oxygen atoms in total. The third kappa shape index (κ3) is 7.72. The van der Waals surface area contributed by atoms with Crippen molar-refractivity contribution < 1.29 is 40.8 Å². The van der Waals surface area contributed by atoms with E-state index in [1.807, 2.05) is 45.0 Å². The average molecular weight is 926 g/mol. The van der Waals surface area contributed by atoms with Crippen molar-refractivity contribution in [2.24, 2.45) is 0 Å². The number of aryl methyl sites for hydroxylation is 1. The van der Waals surface area contributed by atoms with Gasteiger partial charge in [-0.05, 0) is 117 Å². The molecule has 0 fully saturated rings. The number of benzene rings is 9. The highest BCUT2D eigenvalue weighted by Crippen LogP contribution is 2.40. The summed E-state index contributed by atoms with van der Waals surface area (Å²) in [7, 11) is 0. The number of para-hydroxylation sites is 1. The Morgan fingerprint density at radius 2 is 1.19 bits per heavy atom. The Balaban J connectivity index is 1.08. The number of pyridine rings is 1. The van der Waals surface area contributed by atoms with Crippen LogP contribution in [0.15, 0.2) is 230 Å². The predicted octanol–water partition coefficient (Wildman–Crippen LogP) is 16.3. The SMILES string of the molecule is [2H]c1c([2H])c([2H])c(-c2cc(-c3c([2H])c([2H])c([2H])c([2H])c3[2H])c(-[n+]3[c-]n(-c4cccc(Oc5ccc6c7ccccc7n(-c7cc(C([2H])([2H])[2H])c(-c8c([2H])c([2H])c([2H])c([2H])c8[2H])cn7)c6c5)c4)c4cc(-c5c([2H])c([2H])c([2H])c([2H])c5[2H])ccc43)c(C(C)(C)C)c2)c([2H])c1[2H]. The van der Waals surface area contributed by atoms with Crippen LogP contribution in [0, 0.1) is 13.2 Å². The maximum absolute atomic E-state index is 9.37. The Kier molecular flexibility index (Phi) is 6.07. The van der Waals surface area contributed by atoms with Gasteiger partial charge in [0.2, 0.25) is 0 Å². The van der Waals surface area contributed by atoms with Gasteiger partial charge in [-0.3, -0.25) is 13.7 Å². The normalized spacial score (nSPS) is 16.5. The lowest BCUT2D eigenvalue weighted by atomic mass is 9.81. The van der Waals surface area contributed by atoms with Gasteiger partial charge in [-0.25, -0.2) is 4.98 Å². The molecule has 5 heteroatoms. The standard InChI is InChI=1S/C65H50N4O/c1-44-36-63(66-42-57(44)48-26-15-8-16-27-48)69-59-31-18-17-30-54(59)55-34-33-53(41-61(55)69)70-52-29-19-28-51(40-52)67-43-68(60-35-32-49(39-62(60)67)45-20-9-5-10-21-45)64-56(47-24-13-7-14-25-47)37-50(38-58(64)65(2,3)4)46-22-11-6-12-23-46/h5-42H,1-4H3/i1D3,5D,6D,7D,8D,9D,10D,11D,12D,13D,14D,15D,16D,20D,21D,22D,23D,24D,25D,26D,27D. The highest BCUT2D eigenvalue weighted by atomic mass is 16.5. The number of ether oxygens (including phenoxy) is 1. The van der Waals surface area contributed by atoms with Crippen molar-refractivity contribution in [3.05, 3.63) is 248 Å². The Morgan fingerprint density at radius 1 is 0.543 bits per heavy atom. The zero-order chi connectivity index (χ0) is 67.3. The fraction of sp³-hybridized carbons (Fsp3) is 0.0769. The Morgan fingerprint density at radius 3 is 1.89 bits per heavy atom. The molecular formula is C65H50N4O. The molecule has 0 saturated heterocycles. The van der Waals surface area contributed by atoms with E-state index in [9.17, 15) is 2.74 Å². The van der Waals surface area contributed by atoms with E-state index >= 15 is 0 Å². The number of fused-ring (bicyclic) bond motifs is 4. The second kappa shape index (κ2) is 17.4. The molecule has 0 bridgehead atoms. The molecule has 0 aliphatic carbocycles. The Labute approximate surface area is 441 Å². The molecule has 0 aliphatic rings. The highest BCUT2D eigenvalue weighted by molar-refractivity contribution is 6.09. The van der Waals surface area contributed by atoms with E-state index in [2.05, 4.69) is 11.3 Å². The molecule has 3 heterocycles. The van der Waals surface area contributed by atoms with Gasteiger partial charge >= 0.3 is 0 Å².